The summed E-state index contributed by atoms with van der Waals surface area (Å²) in [4.78, 5) is 33.9. The van der Waals surface area contributed by atoms with Gasteiger partial charge in [-0.25, -0.2) is 4.98 Å². The van der Waals surface area contributed by atoms with Crippen LogP contribution in [0.25, 0.3) is 10.9 Å². The molecule has 3 aromatic rings. The Morgan fingerprint density at radius 3 is 2.65 bits per heavy atom. The van der Waals surface area contributed by atoms with E-state index >= 15 is 0 Å². The molecule has 6 nitrogen and oxygen atoms in total. The average molecular weight is 331 g/mol. The number of nitrogens with one attached hydrogen (secondary N) is 2. The number of carbonyl (C=O) groups excluding carboxylic acids is 2. The van der Waals surface area contributed by atoms with Gasteiger partial charge in [-0.1, -0.05) is 18.5 Å². The second-order valence-electron chi connectivity index (χ2n) is 5.36. The number of aromatic amines is 2. The fraction of sp³-hybridized carbons (Fsp3) is 0.188. The van der Waals surface area contributed by atoms with E-state index in [0.717, 1.165) is 0 Å². The molecule has 0 saturated carbocycles. The lowest BCUT2D eigenvalue weighted by molar-refractivity contribution is -0.307. The summed E-state index contributed by atoms with van der Waals surface area (Å²) in [5.41, 5.74) is 1.48. The smallest absolute Gasteiger partial charge is 0.227 e. The van der Waals surface area contributed by atoms with Crippen LogP contribution in [0.4, 0.5) is 0 Å². The van der Waals surface area contributed by atoms with Crippen molar-refractivity contribution in [2.45, 2.75) is 19.8 Å². The first kappa shape index (κ1) is 15.3. The summed E-state index contributed by atoms with van der Waals surface area (Å²) < 4.78 is 0. The molecule has 0 aliphatic carbocycles. The number of carboxylic acid groups (broad SMARTS) is 1. The Kier molecular flexibility index (Phi) is 3.69. The number of H-pyrrole nitrogens is 2. The van der Waals surface area contributed by atoms with E-state index in [9.17, 15) is 14.7 Å². The number of rotatable bonds is 4. The first-order chi connectivity index (χ1) is 10.9. The van der Waals surface area contributed by atoms with Crippen LogP contribution in [0.2, 0.25) is 5.02 Å². The average Bonchev–Trinajstić information content (AvgIpc) is 3.09. The Morgan fingerprint density at radius 1 is 1.30 bits per heavy atom. The molecule has 2 N–H and O–H groups in total. The van der Waals surface area contributed by atoms with Crippen molar-refractivity contribution in [2.24, 2.45) is 0 Å². The monoisotopic (exact) mass is 330 g/mol. The molecule has 2 aromatic heterocycles. The fourth-order valence-electron chi connectivity index (χ4n) is 2.60. The zero-order valence-corrected chi connectivity index (χ0v) is 13.2. The number of hydrogen-bond acceptors (Lipinski definition) is 4. The van der Waals surface area contributed by atoms with Gasteiger partial charge in [0.05, 0.1) is 11.9 Å². The molecule has 1 unspecified atom stereocenters. The van der Waals surface area contributed by atoms with Gasteiger partial charge in [-0.15, -0.1) is 0 Å². The maximum absolute atomic E-state index is 12.7. The molecule has 0 fully saturated rings. The van der Waals surface area contributed by atoms with E-state index in [1.54, 1.807) is 25.1 Å². The van der Waals surface area contributed by atoms with Gasteiger partial charge >= 0.3 is 0 Å². The van der Waals surface area contributed by atoms with E-state index in [1.165, 1.54) is 13.1 Å². The van der Waals surface area contributed by atoms with Crippen molar-refractivity contribution < 1.29 is 14.7 Å². The molecule has 118 valence electrons. The predicted molar refractivity (Wildman–Crippen MR) is 83.5 cm³/mol. The van der Waals surface area contributed by atoms with Crippen LogP contribution < -0.4 is 5.11 Å². The van der Waals surface area contributed by atoms with Crippen molar-refractivity contribution in [3.63, 3.8) is 0 Å². The summed E-state index contributed by atoms with van der Waals surface area (Å²) in [7, 11) is 0. The van der Waals surface area contributed by atoms with Gasteiger partial charge in [0.25, 0.3) is 0 Å². The topological polar surface area (TPSA) is 102 Å². The molecule has 23 heavy (non-hydrogen) atoms. The maximum atomic E-state index is 12.7. The Morgan fingerprint density at radius 2 is 2.04 bits per heavy atom. The Hall–Kier alpha value is -2.60. The predicted octanol–water partition coefficient (Wildman–Crippen LogP) is 1.94. The normalized spacial score (nSPS) is 12.5. The lowest BCUT2D eigenvalue weighted by atomic mass is 9.95. The molecule has 0 spiro atoms. The third kappa shape index (κ3) is 2.61. The molecule has 0 bridgehead atoms. The Balaban J connectivity index is 2.25. The number of halogens is 1. The highest BCUT2D eigenvalue weighted by molar-refractivity contribution is 6.31. The Labute approximate surface area is 136 Å². The fourth-order valence-corrected chi connectivity index (χ4v) is 2.77. The number of aryl methyl sites for hydroxylation is 1. The Bertz CT molecular complexity index is 926. The summed E-state index contributed by atoms with van der Waals surface area (Å²) >= 11 is 6.01. The van der Waals surface area contributed by atoms with Gasteiger partial charge in [0.1, 0.15) is 11.5 Å². The molecule has 2 heterocycles. The van der Waals surface area contributed by atoms with E-state index in [4.69, 9.17) is 11.6 Å². The number of benzene rings is 1. The van der Waals surface area contributed by atoms with Gasteiger partial charge in [0, 0.05) is 27.8 Å². The van der Waals surface area contributed by atoms with Crippen LogP contribution in [-0.4, -0.2) is 26.7 Å². The maximum Gasteiger partial charge on any atom is 0.227 e. The van der Waals surface area contributed by atoms with Crippen LogP contribution >= 0.6 is 11.6 Å². The molecule has 1 atom stereocenters. The van der Waals surface area contributed by atoms with Crippen molar-refractivity contribution in [1.82, 2.24) is 15.0 Å². The van der Waals surface area contributed by atoms with Crippen LogP contribution in [0, 0.1) is 6.92 Å². The molecule has 1 aromatic carbocycles. The summed E-state index contributed by atoms with van der Waals surface area (Å²) in [6.07, 6.45) is 1.42. The van der Waals surface area contributed by atoms with Crippen LogP contribution in [0.3, 0.4) is 0 Å². The molecule has 0 saturated heterocycles. The van der Waals surface area contributed by atoms with Gasteiger partial charge in [-0.3, -0.25) is 4.79 Å². The lowest BCUT2D eigenvalue weighted by Gasteiger charge is -2.14. The molecule has 0 aliphatic rings. The lowest BCUT2D eigenvalue weighted by Crippen LogP contribution is -2.28. The highest BCUT2D eigenvalue weighted by atomic mass is 35.5. The van der Waals surface area contributed by atoms with Crippen LogP contribution in [0.1, 0.15) is 40.4 Å². The standard InChI is InChI=1S/C16H14ClN3O3/c1-7(16(22)23)13-10-5-9(17)3-4-11(10)20-14(13)15(21)12-6-18-8(2)19-12/h3-7,20H,1-2H3,(H,18,19)(H,22,23)/p-1. The van der Waals surface area contributed by atoms with Crippen molar-refractivity contribution in [3.8, 4) is 0 Å². The van der Waals surface area contributed by atoms with Crippen LogP contribution in [0.5, 0.6) is 0 Å². The number of imidazole rings is 1. The number of fused-ring (bicyclic) bond motifs is 1. The van der Waals surface area contributed by atoms with E-state index in [2.05, 4.69) is 15.0 Å². The van der Waals surface area contributed by atoms with Crippen molar-refractivity contribution in [3.05, 3.63) is 52.2 Å². The number of nitrogens with zero attached hydrogens (tertiary/aromatic N) is 1. The van der Waals surface area contributed by atoms with Gasteiger partial charge in [0.2, 0.25) is 5.78 Å². The zero-order chi connectivity index (χ0) is 16.7. The van der Waals surface area contributed by atoms with E-state index < -0.39 is 11.9 Å². The van der Waals surface area contributed by atoms with Gasteiger partial charge in [0.15, 0.2) is 0 Å². The van der Waals surface area contributed by atoms with Gasteiger partial charge in [-0.2, -0.15) is 0 Å². The van der Waals surface area contributed by atoms with Crippen LogP contribution in [0.15, 0.2) is 24.4 Å². The van der Waals surface area contributed by atoms with Gasteiger partial charge in [-0.05, 0) is 30.7 Å². The second kappa shape index (κ2) is 5.55. The number of hydrogen-bond donors (Lipinski definition) is 2. The van der Waals surface area contributed by atoms with E-state index in [0.29, 0.717) is 27.3 Å². The molecule has 0 aliphatic heterocycles. The largest absolute Gasteiger partial charge is 0.550 e. The second-order valence-corrected chi connectivity index (χ2v) is 5.79. The quantitative estimate of drug-likeness (QED) is 0.713. The number of ketones is 1. The number of aromatic nitrogens is 3. The minimum absolute atomic E-state index is 0.197. The minimum Gasteiger partial charge on any atom is -0.550 e. The van der Waals surface area contributed by atoms with E-state index in [-0.39, 0.29) is 17.2 Å². The molecule has 0 amide bonds. The summed E-state index contributed by atoms with van der Waals surface area (Å²) in [6, 6.07) is 5.01. The zero-order valence-electron chi connectivity index (χ0n) is 12.4. The van der Waals surface area contributed by atoms with Crippen molar-refractivity contribution >= 4 is 34.3 Å². The summed E-state index contributed by atoms with van der Waals surface area (Å²) in [5, 5.41) is 12.4. The molecular formula is C16H13ClN3O3-. The minimum atomic E-state index is -1.26. The third-order valence-corrected chi connectivity index (χ3v) is 4.00. The molecule has 7 heteroatoms. The van der Waals surface area contributed by atoms with Crippen LogP contribution in [-0.2, 0) is 4.79 Å². The van der Waals surface area contributed by atoms with Crippen molar-refractivity contribution in [2.75, 3.05) is 0 Å². The SMILES string of the molecule is Cc1ncc(C(=O)c2[nH]c3ccc(Cl)cc3c2C(C)C(=O)[O-])[nH]1. The van der Waals surface area contributed by atoms with E-state index in [1.807, 2.05) is 0 Å². The highest BCUT2D eigenvalue weighted by Crippen LogP contribution is 2.32. The molecule has 3 rings (SSSR count). The third-order valence-electron chi connectivity index (χ3n) is 3.76. The molecular weight excluding hydrogens is 318 g/mol. The van der Waals surface area contributed by atoms with Gasteiger partial charge < -0.3 is 19.9 Å². The summed E-state index contributed by atoms with van der Waals surface area (Å²) in [5.74, 6) is -1.99. The number of aliphatic carboxylic acids is 1. The number of carbonyl (C=O) groups is 2. The molecule has 0 radical (unpaired) electrons. The first-order valence-corrected chi connectivity index (χ1v) is 7.34. The van der Waals surface area contributed by atoms with Crippen molar-refractivity contribution in [1.29, 1.82) is 0 Å². The summed E-state index contributed by atoms with van der Waals surface area (Å²) in [6.45, 7) is 3.21. The first-order valence-electron chi connectivity index (χ1n) is 6.96. The number of carboxylic acids is 1. The highest BCUT2D eigenvalue weighted by Gasteiger charge is 2.24.